The maximum atomic E-state index is 12.2. The number of halogens is 1. The SMILES string of the molecule is COc1cc(Br)ccc1C(=O)N(C)CC1CC1. The van der Waals surface area contributed by atoms with Crippen molar-refractivity contribution < 1.29 is 9.53 Å². The summed E-state index contributed by atoms with van der Waals surface area (Å²) in [4.78, 5) is 14.0. The van der Waals surface area contributed by atoms with E-state index in [1.807, 2.05) is 19.2 Å². The second-order valence-electron chi connectivity index (χ2n) is 4.47. The molecule has 1 aliphatic rings. The Kier molecular flexibility index (Phi) is 3.72. The predicted octanol–water partition coefficient (Wildman–Crippen LogP) is 2.94. The van der Waals surface area contributed by atoms with Gasteiger partial charge >= 0.3 is 0 Å². The van der Waals surface area contributed by atoms with E-state index >= 15 is 0 Å². The number of hydrogen-bond donors (Lipinski definition) is 0. The Morgan fingerprint density at radius 1 is 1.53 bits per heavy atom. The van der Waals surface area contributed by atoms with Gasteiger partial charge in [-0.25, -0.2) is 0 Å². The Morgan fingerprint density at radius 3 is 2.82 bits per heavy atom. The first-order valence-corrected chi connectivity index (χ1v) is 6.50. The van der Waals surface area contributed by atoms with Crippen LogP contribution in [0.25, 0.3) is 0 Å². The second-order valence-corrected chi connectivity index (χ2v) is 5.39. The van der Waals surface area contributed by atoms with E-state index in [4.69, 9.17) is 4.74 Å². The fourth-order valence-corrected chi connectivity index (χ4v) is 2.16. The van der Waals surface area contributed by atoms with Gasteiger partial charge in [0.25, 0.3) is 5.91 Å². The molecule has 92 valence electrons. The monoisotopic (exact) mass is 297 g/mol. The highest BCUT2D eigenvalue weighted by Gasteiger charge is 2.26. The van der Waals surface area contributed by atoms with Crippen molar-refractivity contribution in [2.75, 3.05) is 20.7 Å². The topological polar surface area (TPSA) is 29.5 Å². The van der Waals surface area contributed by atoms with Crippen molar-refractivity contribution in [1.29, 1.82) is 0 Å². The standard InChI is InChI=1S/C13H16BrNO2/c1-15(8-9-3-4-9)13(16)11-6-5-10(14)7-12(11)17-2/h5-7,9H,3-4,8H2,1-2H3. The first kappa shape index (κ1) is 12.4. The van der Waals surface area contributed by atoms with Crippen LogP contribution in [0.5, 0.6) is 5.75 Å². The zero-order valence-electron chi connectivity index (χ0n) is 10.1. The summed E-state index contributed by atoms with van der Waals surface area (Å²) in [6.07, 6.45) is 2.49. The number of amides is 1. The molecule has 0 N–H and O–H groups in total. The van der Waals surface area contributed by atoms with E-state index in [-0.39, 0.29) is 5.91 Å². The molecule has 1 amide bonds. The van der Waals surface area contributed by atoms with Gasteiger partial charge < -0.3 is 9.64 Å². The zero-order chi connectivity index (χ0) is 12.4. The molecule has 4 heteroatoms. The van der Waals surface area contributed by atoms with Crippen molar-refractivity contribution in [2.24, 2.45) is 5.92 Å². The molecule has 0 aromatic heterocycles. The van der Waals surface area contributed by atoms with Gasteiger partial charge in [0.1, 0.15) is 5.75 Å². The largest absolute Gasteiger partial charge is 0.496 e. The molecule has 0 atom stereocenters. The van der Waals surface area contributed by atoms with Gasteiger partial charge in [0.05, 0.1) is 12.7 Å². The first-order chi connectivity index (χ1) is 8.11. The first-order valence-electron chi connectivity index (χ1n) is 5.71. The third-order valence-electron chi connectivity index (χ3n) is 2.97. The van der Waals surface area contributed by atoms with Gasteiger partial charge in [-0.2, -0.15) is 0 Å². The van der Waals surface area contributed by atoms with Crippen LogP contribution in [0.3, 0.4) is 0 Å². The van der Waals surface area contributed by atoms with Gasteiger partial charge in [0, 0.05) is 18.1 Å². The number of methoxy groups -OCH3 is 1. The number of nitrogens with zero attached hydrogens (tertiary/aromatic N) is 1. The number of ether oxygens (including phenoxy) is 1. The Labute approximate surface area is 110 Å². The summed E-state index contributed by atoms with van der Waals surface area (Å²) in [6, 6.07) is 5.48. The Bertz CT molecular complexity index is 429. The van der Waals surface area contributed by atoms with Crippen LogP contribution in [0, 0.1) is 5.92 Å². The number of carbonyl (C=O) groups is 1. The molecule has 2 rings (SSSR count). The van der Waals surface area contributed by atoms with Crippen LogP contribution in [0.15, 0.2) is 22.7 Å². The van der Waals surface area contributed by atoms with Crippen molar-refractivity contribution in [3.05, 3.63) is 28.2 Å². The number of carbonyl (C=O) groups excluding carboxylic acids is 1. The maximum absolute atomic E-state index is 12.2. The number of benzene rings is 1. The molecular weight excluding hydrogens is 282 g/mol. The molecule has 0 bridgehead atoms. The Balaban J connectivity index is 2.16. The summed E-state index contributed by atoms with van der Waals surface area (Å²) in [5.41, 5.74) is 0.624. The molecule has 1 fully saturated rings. The normalized spacial score (nSPS) is 14.5. The van der Waals surface area contributed by atoms with Gasteiger partial charge in [0.15, 0.2) is 0 Å². The van der Waals surface area contributed by atoms with Crippen molar-refractivity contribution in [1.82, 2.24) is 4.90 Å². The van der Waals surface area contributed by atoms with E-state index in [2.05, 4.69) is 15.9 Å². The minimum absolute atomic E-state index is 0.0289. The van der Waals surface area contributed by atoms with Crippen LogP contribution in [0.1, 0.15) is 23.2 Å². The van der Waals surface area contributed by atoms with Crippen LogP contribution in [0.2, 0.25) is 0 Å². The van der Waals surface area contributed by atoms with Crippen molar-refractivity contribution in [2.45, 2.75) is 12.8 Å². The summed E-state index contributed by atoms with van der Waals surface area (Å²) in [5.74, 6) is 1.35. The molecule has 17 heavy (non-hydrogen) atoms. The van der Waals surface area contributed by atoms with Gasteiger partial charge in [0.2, 0.25) is 0 Å². The van der Waals surface area contributed by atoms with Crippen molar-refractivity contribution in [3.8, 4) is 5.75 Å². The van der Waals surface area contributed by atoms with E-state index in [0.29, 0.717) is 17.2 Å². The molecule has 1 aliphatic carbocycles. The lowest BCUT2D eigenvalue weighted by molar-refractivity contribution is 0.0785. The second kappa shape index (κ2) is 5.08. The number of hydrogen-bond acceptors (Lipinski definition) is 2. The zero-order valence-corrected chi connectivity index (χ0v) is 11.7. The van der Waals surface area contributed by atoms with E-state index in [1.165, 1.54) is 12.8 Å². The van der Waals surface area contributed by atoms with Crippen LogP contribution in [0.4, 0.5) is 0 Å². The highest BCUT2D eigenvalue weighted by atomic mass is 79.9. The summed E-state index contributed by atoms with van der Waals surface area (Å²) >= 11 is 3.37. The third-order valence-corrected chi connectivity index (χ3v) is 3.46. The van der Waals surface area contributed by atoms with Crippen LogP contribution in [-0.4, -0.2) is 31.5 Å². The molecule has 1 saturated carbocycles. The molecule has 0 saturated heterocycles. The molecule has 0 heterocycles. The van der Waals surface area contributed by atoms with E-state index in [1.54, 1.807) is 18.1 Å². The number of rotatable bonds is 4. The Hall–Kier alpha value is -1.03. The highest BCUT2D eigenvalue weighted by Crippen LogP contribution is 2.30. The lowest BCUT2D eigenvalue weighted by atomic mass is 10.1. The van der Waals surface area contributed by atoms with Crippen molar-refractivity contribution in [3.63, 3.8) is 0 Å². The van der Waals surface area contributed by atoms with E-state index in [0.717, 1.165) is 11.0 Å². The van der Waals surface area contributed by atoms with Crippen molar-refractivity contribution >= 4 is 21.8 Å². The summed E-state index contributed by atoms with van der Waals surface area (Å²) in [7, 11) is 3.43. The molecule has 0 spiro atoms. The lowest BCUT2D eigenvalue weighted by Gasteiger charge is -2.18. The summed E-state index contributed by atoms with van der Waals surface area (Å²) < 4.78 is 6.15. The molecular formula is C13H16BrNO2. The predicted molar refractivity (Wildman–Crippen MR) is 70.4 cm³/mol. The molecule has 0 unspecified atom stereocenters. The lowest BCUT2D eigenvalue weighted by Crippen LogP contribution is -2.29. The fraction of sp³-hybridized carbons (Fsp3) is 0.462. The van der Waals surface area contributed by atoms with Gasteiger partial charge in [-0.15, -0.1) is 0 Å². The smallest absolute Gasteiger partial charge is 0.257 e. The Morgan fingerprint density at radius 2 is 2.24 bits per heavy atom. The molecule has 3 nitrogen and oxygen atoms in total. The quantitative estimate of drug-likeness (QED) is 0.855. The van der Waals surface area contributed by atoms with E-state index < -0.39 is 0 Å². The minimum atomic E-state index is 0.0289. The molecule has 0 radical (unpaired) electrons. The van der Waals surface area contributed by atoms with Crippen LogP contribution >= 0.6 is 15.9 Å². The average molecular weight is 298 g/mol. The van der Waals surface area contributed by atoms with Gasteiger partial charge in [-0.1, -0.05) is 15.9 Å². The average Bonchev–Trinajstić information content (AvgIpc) is 3.11. The fourth-order valence-electron chi connectivity index (χ4n) is 1.82. The summed E-state index contributed by atoms with van der Waals surface area (Å²) in [6.45, 7) is 0.845. The third kappa shape index (κ3) is 3.00. The summed E-state index contributed by atoms with van der Waals surface area (Å²) in [5, 5.41) is 0. The highest BCUT2D eigenvalue weighted by molar-refractivity contribution is 9.10. The maximum Gasteiger partial charge on any atom is 0.257 e. The molecule has 1 aromatic rings. The molecule has 0 aliphatic heterocycles. The van der Waals surface area contributed by atoms with Crippen LogP contribution < -0.4 is 4.74 Å². The van der Waals surface area contributed by atoms with Crippen LogP contribution in [-0.2, 0) is 0 Å². The van der Waals surface area contributed by atoms with Gasteiger partial charge in [-0.05, 0) is 37.0 Å². The van der Waals surface area contributed by atoms with Gasteiger partial charge in [-0.3, -0.25) is 4.79 Å². The van der Waals surface area contributed by atoms with E-state index in [9.17, 15) is 4.79 Å². The minimum Gasteiger partial charge on any atom is -0.496 e. The molecule has 1 aromatic carbocycles.